The van der Waals surface area contributed by atoms with Gasteiger partial charge in [0.1, 0.15) is 17.3 Å². The van der Waals surface area contributed by atoms with Crippen LogP contribution in [0, 0.1) is 12.8 Å². The van der Waals surface area contributed by atoms with Crippen molar-refractivity contribution in [3.05, 3.63) is 53.0 Å². The quantitative estimate of drug-likeness (QED) is 0.683. The van der Waals surface area contributed by atoms with Crippen molar-refractivity contribution in [2.45, 2.75) is 59.4 Å². The zero-order chi connectivity index (χ0) is 20.8. The minimum atomic E-state index is 0.00720. The minimum Gasteiger partial charge on any atom is -0.491 e. The molecule has 0 saturated carbocycles. The lowest BCUT2D eigenvalue weighted by molar-refractivity contribution is 0.140. The smallest absolute Gasteiger partial charge is 0.125 e. The fourth-order valence-corrected chi connectivity index (χ4v) is 4.16. The Morgan fingerprint density at radius 3 is 2.59 bits per heavy atom. The third-order valence-corrected chi connectivity index (χ3v) is 5.56. The van der Waals surface area contributed by atoms with E-state index in [1.54, 1.807) is 0 Å². The molecular weight excluding hydrogens is 364 g/mol. The molecule has 1 aromatic carbocycles. The number of piperidine rings is 1. The van der Waals surface area contributed by atoms with Crippen molar-refractivity contribution >= 4 is 0 Å². The van der Waals surface area contributed by atoms with Crippen molar-refractivity contribution in [2.75, 3.05) is 26.7 Å². The van der Waals surface area contributed by atoms with Crippen molar-refractivity contribution in [3.63, 3.8) is 0 Å². The van der Waals surface area contributed by atoms with E-state index in [0.29, 0.717) is 0 Å². The summed E-state index contributed by atoms with van der Waals surface area (Å²) in [4.78, 5) is 4.89. The number of nitrogens with zero attached hydrogens (tertiary/aromatic N) is 2. The third-order valence-electron chi connectivity index (χ3n) is 5.56. The van der Waals surface area contributed by atoms with Gasteiger partial charge >= 0.3 is 0 Å². The molecule has 5 heteroatoms. The molecule has 2 heterocycles. The highest BCUT2D eigenvalue weighted by Gasteiger charge is 2.21. The second-order valence-electron chi connectivity index (χ2n) is 8.70. The monoisotopic (exact) mass is 400 g/mol. The first-order chi connectivity index (χ1) is 13.9. The van der Waals surface area contributed by atoms with E-state index in [4.69, 9.17) is 9.15 Å². The van der Waals surface area contributed by atoms with Gasteiger partial charge in [-0.3, -0.25) is 4.90 Å². The van der Waals surface area contributed by atoms with Crippen LogP contribution in [0.3, 0.4) is 0 Å². The highest BCUT2D eigenvalue weighted by atomic mass is 16.5. The van der Waals surface area contributed by atoms with Crippen LogP contribution in [0.1, 0.15) is 49.3 Å². The molecular formula is C24H36N2O3. The number of ether oxygens (including phenoxy) is 1. The predicted molar refractivity (Wildman–Crippen MR) is 116 cm³/mol. The number of aryl methyl sites for hydroxylation is 1. The number of furan rings is 1. The summed E-state index contributed by atoms with van der Waals surface area (Å²) in [5.74, 6) is 3.58. The third kappa shape index (κ3) is 6.59. The molecule has 1 aliphatic heterocycles. The molecule has 0 atom stereocenters. The summed E-state index contributed by atoms with van der Waals surface area (Å²) in [5.41, 5.74) is 2.09. The van der Waals surface area contributed by atoms with E-state index in [-0.39, 0.29) is 12.7 Å². The number of benzene rings is 1. The van der Waals surface area contributed by atoms with Gasteiger partial charge in [0.2, 0.25) is 0 Å². The molecule has 1 aromatic heterocycles. The topological polar surface area (TPSA) is 49.1 Å². The Labute approximate surface area is 175 Å². The van der Waals surface area contributed by atoms with Crippen LogP contribution < -0.4 is 4.74 Å². The molecule has 0 bridgehead atoms. The number of aliphatic hydroxyl groups is 1. The Morgan fingerprint density at radius 2 is 1.97 bits per heavy atom. The molecule has 1 N–H and O–H groups in total. The second kappa shape index (κ2) is 10.3. The molecule has 3 rings (SSSR count). The zero-order valence-corrected chi connectivity index (χ0v) is 18.4. The van der Waals surface area contributed by atoms with E-state index in [0.717, 1.165) is 61.5 Å². The molecule has 0 aliphatic carbocycles. The predicted octanol–water partition coefficient (Wildman–Crippen LogP) is 4.21. The zero-order valence-electron chi connectivity index (χ0n) is 18.4. The minimum absolute atomic E-state index is 0.00720. The molecule has 0 amide bonds. The van der Waals surface area contributed by atoms with E-state index >= 15 is 0 Å². The largest absolute Gasteiger partial charge is 0.491 e. The van der Waals surface area contributed by atoms with Gasteiger partial charge in [0, 0.05) is 18.7 Å². The molecule has 160 valence electrons. The lowest BCUT2D eigenvalue weighted by atomic mass is 9.96. The molecule has 1 fully saturated rings. The van der Waals surface area contributed by atoms with Gasteiger partial charge in [-0.1, -0.05) is 6.07 Å². The van der Waals surface area contributed by atoms with Gasteiger partial charge < -0.3 is 19.2 Å². The van der Waals surface area contributed by atoms with Crippen molar-refractivity contribution in [1.82, 2.24) is 9.80 Å². The Balaban J connectivity index is 1.45. The lowest BCUT2D eigenvalue weighted by Crippen LogP contribution is -2.37. The Morgan fingerprint density at radius 1 is 1.21 bits per heavy atom. The average Bonchev–Trinajstić information content (AvgIpc) is 3.09. The van der Waals surface area contributed by atoms with E-state index in [2.05, 4.69) is 35.0 Å². The van der Waals surface area contributed by atoms with Crippen LogP contribution in [0.5, 0.6) is 5.75 Å². The fraction of sp³-hybridized carbons (Fsp3) is 0.583. The van der Waals surface area contributed by atoms with E-state index in [1.807, 2.05) is 32.9 Å². The fourth-order valence-electron chi connectivity index (χ4n) is 4.16. The van der Waals surface area contributed by atoms with E-state index in [1.165, 1.54) is 18.4 Å². The summed E-state index contributed by atoms with van der Waals surface area (Å²) < 4.78 is 11.5. The maximum atomic E-state index is 9.68. The van der Waals surface area contributed by atoms with Gasteiger partial charge in [0.15, 0.2) is 0 Å². The first-order valence-electron chi connectivity index (χ1n) is 10.8. The first kappa shape index (κ1) is 21.9. The number of hydrogen-bond acceptors (Lipinski definition) is 5. The molecule has 0 radical (unpaired) electrons. The van der Waals surface area contributed by atoms with Crippen molar-refractivity contribution in [1.29, 1.82) is 0 Å². The average molecular weight is 401 g/mol. The normalized spacial score (nSPS) is 16.1. The Kier molecular flexibility index (Phi) is 7.76. The Bertz CT molecular complexity index is 763. The summed E-state index contributed by atoms with van der Waals surface area (Å²) in [5, 5.41) is 9.68. The maximum absolute atomic E-state index is 9.68. The number of hydrogen-bond donors (Lipinski definition) is 1. The summed E-state index contributed by atoms with van der Waals surface area (Å²) in [6.07, 6.45) is 2.57. The maximum Gasteiger partial charge on any atom is 0.125 e. The van der Waals surface area contributed by atoms with Gasteiger partial charge in [0.05, 0.1) is 19.3 Å². The van der Waals surface area contributed by atoms with Crippen LogP contribution in [0.25, 0.3) is 0 Å². The first-order valence-corrected chi connectivity index (χ1v) is 10.8. The molecule has 0 spiro atoms. The summed E-state index contributed by atoms with van der Waals surface area (Å²) in [6.45, 7) is 11.2. The van der Waals surface area contributed by atoms with E-state index < -0.39 is 0 Å². The van der Waals surface area contributed by atoms with Crippen LogP contribution in [-0.2, 0) is 19.7 Å². The molecule has 1 aliphatic rings. The second-order valence-corrected chi connectivity index (χ2v) is 8.70. The van der Waals surface area contributed by atoms with Gasteiger partial charge in [-0.2, -0.15) is 0 Å². The molecule has 5 nitrogen and oxygen atoms in total. The Hall–Kier alpha value is -1.82. The number of aliphatic hydroxyl groups excluding tert-OH is 1. The van der Waals surface area contributed by atoms with Gasteiger partial charge in [-0.25, -0.2) is 0 Å². The van der Waals surface area contributed by atoms with Crippen molar-refractivity contribution < 1.29 is 14.3 Å². The van der Waals surface area contributed by atoms with Gasteiger partial charge in [0.25, 0.3) is 0 Å². The van der Waals surface area contributed by atoms with Crippen molar-refractivity contribution in [3.8, 4) is 5.75 Å². The van der Waals surface area contributed by atoms with Crippen LogP contribution in [-0.4, -0.2) is 47.7 Å². The molecule has 29 heavy (non-hydrogen) atoms. The highest BCUT2D eigenvalue weighted by Crippen LogP contribution is 2.24. The standard InChI is InChI=1S/C24H36N2O3/c1-18(2)28-24-8-6-21(13-22(24)17-27)15-25(4)14-20-9-11-26(12-10-20)16-23-7-5-19(3)29-23/h5-8,13,18,20,27H,9-12,14-17H2,1-4H3. The summed E-state index contributed by atoms with van der Waals surface area (Å²) in [6, 6.07) is 10.3. The van der Waals surface area contributed by atoms with Gasteiger partial charge in [-0.15, -0.1) is 0 Å². The number of rotatable bonds is 9. The molecule has 0 unspecified atom stereocenters. The van der Waals surface area contributed by atoms with Crippen LogP contribution >= 0.6 is 0 Å². The molecule has 2 aromatic rings. The number of likely N-dealkylation sites (tertiary alicyclic amines) is 1. The van der Waals surface area contributed by atoms with E-state index in [9.17, 15) is 5.11 Å². The SMILES string of the molecule is Cc1ccc(CN2CCC(CN(C)Cc3ccc(OC(C)C)c(CO)c3)CC2)o1. The summed E-state index contributed by atoms with van der Waals surface area (Å²) >= 11 is 0. The van der Waals surface area contributed by atoms with Crippen LogP contribution in [0.15, 0.2) is 34.7 Å². The van der Waals surface area contributed by atoms with Crippen LogP contribution in [0.2, 0.25) is 0 Å². The van der Waals surface area contributed by atoms with Gasteiger partial charge in [-0.05, 0) is 89.5 Å². The highest BCUT2D eigenvalue weighted by molar-refractivity contribution is 5.37. The molecule has 1 saturated heterocycles. The lowest BCUT2D eigenvalue weighted by Gasteiger charge is -2.33. The summed E-state index contributed by atoms with van der Waals surface area (Å²) in [7, 11) is 2.19. The van der Waals surface area contributed by atoms with Crippen molar-refractivity contribution in [2.24, 2.45) is 5.92 Å². The van der Waals surface area contributed by atoms with Crippen LogP contribution in [0.4, 0.5) is 0 Å².